The van der Waals surface area contributed by atoms with E-state index < -0.39 is 17.8 Å². The topological polar surface area (TPSA) is 115 Å². The number of aliphatic carboxylic acids is 1. The van der Waals surface area contributed by atoms with Gasteiger partial charge in [0.25, 0.3) is 0 Å². The Hall–Kier alpha value is -4.10. The number of pyridine rings is 1. The Bertz CT molecular complexity index is 1310. The standard InChI is InChI=1S/C24H18ClF3N4O3/c25-18-6-5-14(9-16(18)17-12-32-22(24(26,27)28)10-15(17)11-29)21(33)13-31-20-4-2-1-3-19(20)30-8-7-23(34)35/h1-6,9-10,12,30-31H,7-8,13H2,(H,34,35). The number of nitrogens with one attached hydrogen (secondary N) is 2. The zero-order valence-corrected chi connectivity index (χ0v) is 18.7. The van der Waals surface area contributed by atoms with Gasteiger partial charge in [-0.3, -0.25) is 14.6 Å². The van der Waals surface area contributed by atoms with E-state index in [1.807, 2.05) is 0 Å². The number of para-hydroxylation sites is 2. The average molecular weight is 503 g/mol. The Morgan fingerprint density at radius 3 is 2.37 bits per heavy atom. The number of rotatable bonds is 9. The minimum atomic E-state index is -4.71. The van der Waals surface area contributed by atoms with Crippen molar-refractivity contribution in [3.63, 3.8) is 0 Å². The third-order valence-electron chi connectivity index (χ3n) is 4.91. The molecule has 0 aliphatic carbocycles. The summed E-state index contributed by atoms with van der Waals surface area (Å²) < 4.78 is 38.9. The first-order valence-corrected chi connectivity index (χ1v) is 10.6. The number of hydrogen-bond acceptors (Lipinski definition) is 6. The molecule has 3 aromatic rings. The van der Waals surface area contributed by atoms with E-state index in [-0.39, 0.29) is 52.6 Å². The lowest BCUT2D eigenvalue weighted by Gasteiger charge is -2.14. The summed E-state index contributed by atoms with van der Waals surface area (Å²) in [6, 6.07) is 13.6. The van der Waals surface area contributed by atoms with E-state index in [4.69, 9.17) is 16.7 Å². The Morgan fingerprint density at radius 1 is 1.06 bits per heavy atom. The van der Waals surface area contributed by atoms with Crippen molar-refractivity contribution in [2.24, 2.45) is 0 Å². The van der Waals surface area contributed by atoms with Gasteiger partial charge in [0, 0.05) is 34.5 Å². The van der Waals surface area contributed by atoms with Gasteiger partial charge < -0.3 is 15.7 Å². The predicted molar refractivity (Wildman–Crippen MR) is 124 cm³/mol. The van der Waals surface area contributed by atoms with Crippen LogP contribution in [0.2, 0.25) is 5.02 Å². The molecular weight excluding hydrogens is 485 g/mol. The van der Waals surface area contributed by atoms with E-state index in [0.717, 1.165) is 6.20 Å². The fraction of sp³-hybridized carbons (Fsp3) is 0.167. The van der Waals surface area contributed by atoms with Crippen LogP contribution in [-0.4, -0.2) is 34.9 Å². The summed E-state index contributed by atoms with van der Waals surface area (Å²) in [5.41, 5.74) is 0.204. The van der Waals surface area contributed by atoms with Gasteiger partial charge in [0.1, 0.15) is 5.69 Å². The molecule has 3 N–H and O–H groups in total. The number of benzene rings is 2. The molecule has 0 fully saturated rings. The number of alkyl halides is 3. The Labute approximate surface area is 203 Å². The molecule has 11 heteroatoms. The summed E-state index contributed by atoms with van der Waals surface area (Å²) >= 11 is 6.22. The highest BCUT2D eigenvalue weighted by molar-refractivity contribution is 6.33. The van der Waals surface area contributed by atoms with Gasteiger partial charge in [-0.1, -0.05) is 23.7 Å². The number of aromatic nitrogens is 1. The van der Waals surface area contributed by atoms with Crippen molar-refractivity contribution in [2.45, 2.75) is 12.6 Å². The maximum atomic E-state index is 13.0. The van der Waals surface area contributed by atoms with Crippen molar-refractivity contribution in [3.8, 4) is 17.2 Å². The average Bonchev–Trinajstić information content (AvgIpc) is 2.82. The van der Waals surface area contributed by atoms with Crippen molar-refractivity contribution >= 4 is 34.7 Å². The van der Waals surface area contributed by atoms with Crippen LogP contribution in [-0.2, 0) is 11.0 Å². The Balaban J connectivity index is 1.81. The van der Waals surface area contributed by atoms with Crippen LogP contribution in [0.4, 0.5) is 24.5 Å². The van der Waals surface area contributed by atoms with Gasteiger partial charge in [0.2, 0.25) is 0 Å². The van der Waals surface area contributed by atoms with Gasteiger partial charge in [-0.25, -0.2) is 0 Å². The number of carbonyl (C=O) groups excluding carboxylic acids is 1. The highest BCUT2D eigenvalue weighted by atomic mass is 35.5. The van der Waals surface area contributed by atoms with E-state index in [1.54, 1.807) is 30.3 Å². The second-order valence-corrected chi connectivity index (χ2v) is 7.72. The molecule has 0 spiro atoms. The van der Waals surface area contributed by atoms with E-state index in [2.05, 4.69) is 15.6 Å². The van der Waals surface area contributed by atoms with E-state index in [1.165, 1.54) is 18.2 Å². The minimum Gasteiger partial charge on any atom is -0.481 e. The van der Waals surface area contributed by atoms with E-state index in [9.17, 15) is 28.0 Å². The number of halogens is 4. The second kappa shape index (κ2) is 10.9. The van der Waals surface area contributed by atoms with Crippen LogP contribution in [0.15, 0.2) is 54.7 Å². The summed E-state index contributed by atoms with van der Waals surface area (Å²) in [7, 11) is 0. The number of nitrogens with zero attached hydrogens (tertiary/aromatic N) is 2. The molecule has 0 radical (unpaired) electrons. The number of hydrogen-bond donors (Lipinski definition) is 3. The molecule has 3 rings (SSSR count). The normalized spacial score (nSPS) is 10.9. The van der Waals surface area contributed by atoms with Crippen LogP contribution in [0.1, 0.15) is 28.0 Å². The summed E-state index contributed by atoms with van der Waals surface area (Å²) in [6.45, 7) is 0.0694. The molecule has 0 aliphatic rings. The summed E-state index contributed by atoms with van der Waals surface area (Å²) in [5.74, 6) is -1.29. The fourth-order valence-corrected chi connectivity index (χ4v) is 3.42. The monoisotopic (exact) mass is 502 g/mol. The molecule has 0 aliphatic heterocycles. The van der Waals surface area contributed by atoms with E-state index in [0.29, 0.717) is 17.4 Å². The molecule has 0 unspecified atom stereocenters. The molecule has 35 heavy (non-hydrogen) atoms. The van der Waals surface area contributed by atoms with Gasteiger partial charge in [-0.15, -0.1) is 0 Å². The van der Waals surface area contributed by atoms with Crippen LogP contribution >= 0.6 is 11.6 Å². The number of Topliss-reactive ketones (excluding diaryl/α,β-unsaturated/α-hetero) is 1. The predicted octanol–water partition coefficient (Wildman–Crippen LogP) is 5.47. The fourth-order valence-electron chi connectivity index (χ4n) is 3.20. The molecule has 0 saturated heterocycles. The van der Waals surface area contributed by atoms with Crippen LogP contribution in [0, 0.1) is 11.3 Å². The first kappa shape index (κ1) is 25.5. The van der Waals surface area contributed by atoms with Crippen LogP contribution in [0.3, 0.4) is 0 Å². The highest BCUT2D eigenvalue weighted by Gasteiger charge is 2.33. The molecule has 1 aromatic heterocycles. The zero-order chi connectivity index (χ0) is 25.6. The van der Waals surface area contributed by atoms with Crippen molar-refractivity contribution in [1.29, 1.82) is 5.26 Å². The quantitative estimate of drug-likeness (QED) is 0.332. The molecule has 7 nitrogen and oxygen atoms in total. The molecule has 2 aromatic carbocycles. The first-order chi connectivity index (χ1) is 16.6. The third kappa shape index (κ3) is 6.49. The molecular formula is C24H18ClF3N4O3. The first-order valence-electron chi connectivity index (χ1n) is 10.2. The molecule has 1 heterocycles. The van der Waals surface area contributed by atoms with Gasteiger partial charge in [0.15, 0.2) is 5.78 Å². The SMILES string of the molecule is N#Cc1cc(C(F)(F)F)ncc1-c1cc(C(=O)CNc2ccccc2NCCC(=O)O)ccc1Cl. The molecule has 0 bridgehead atoms. The lowest BCUT2D eigenvalue weighted by Crippen LogP contribution is -2.16. The van der Waals surface area contributed by atoms with Gasteiger partial charge in [-0.2, -0.15) is 18.4 Å². The molecule has 0 saturated carbocycles. The van der Waals surface area contributed by atoms with Gasteiger partial charge >= 0.3 is 12.1 Å². The number of carbonyl (C=O) groups is 2. The van der Waals surface area contributed by atoms with Gasteiger partial charge in [0.05, 0.1) is 36.0 Å². The van der Waals surface area contributed by atoms with Crippen molar-refractivity contribution < 1.29 is 27.9 Å². The van der Waals surface area contributed by atoms with Crippen LogP contribution in [0.25, 0.3) is 11.1 Å². The zero-order valence-electron chi connectivity index (χ0n) is 18.0. The number of nitriles is 1. The molecule has 0 amide bonds. The van der Waals surface area contributed by atoms with Crippen molar-refractivity contribution in [2.75, 3.05) is 23.7 Å². The molecule has 0 atom stereocenters. The van der Waals surface area contributed by atoms with E-state index >= 15 is 0 Å². The maximum Gasteiger partial charge on any atom is 0.433 e. The lowest BCUT2D eigenvalue weighted by atomic mass is 9.98. The van der Waals surface area contributed by atoms with Crippen LogP contribution in [0.5, 0.6) is 0 Å². The lowest BCUT2D eigenvalue weighted by molar-refractivity contribution is -0.141. The number of anilines is 2. The summed E-state index contributed by atoms with van der Waals surface area (Å²) in [5, 5.41) is 24.3. The largest absolute Gasteiger partial charge is 0.481 e. The minimum absolute atomic E-state index is 0.0704. The Kier molecular flexibility index (Phi) is 7.94. The second-order valence-electron chi connectivity index (χ2n) is 7.31. The van der Waals surface area contributed by atoms with Crippen molar-refractivity contribution in [1.82, 2.24) is 4.98 Å². The number of carboxylic acids is 1. The summed E-state index contributed by atoms with van der Waals surface area (Å²) in [6.07, 6.45) is -3.88. The number of ketones is 1. The third-order valence-corrected chi connectivity index (χ3v) is 5.24. The maximum absolute atomic E-state index is 13.0. The highest BCUT2D eigenvalue weighted by Crippen LogP contribution is 2.34. The summed E-state index contributed by atoms with van der Waals surface area (Å²) in [4.78, 5) is 27.0. The van der Waals surface area contributed by atoms with Gasteiger partial charge in [-0.05, 0) is 36.4 Å². The van der Waals surface area contributed by atoms with Crippen molar-refractivity contribution in [3.05, 3.63) is 76.6 Å². The molecule has 180 valence electrons. The number of carboxylic acid groups (broad SMARTS) is 1. The van der Waals surface area contributed by atoms with Crippen LogP contribution < -0.4 is 10.6 Å². The smallest absolute Gasteiger partial charge is 0.433 e. The Morgan fingerprint density at radius 2 is 1.74 bits per heavy atom.